The molecule has 0 bridgehead atoms. The van der Waals surface area contributed by atoms with Gasteiger partial charge < -0.3 is 19.6 Å². The molecule has 1 aliphatic heterocycles. The summed E-state index contributed by atoms with van der Waals surface area (Å²) in [6.07, 6.45) is 0.718. The lowest BCUT2D eigenvalue weighted by Gasteiger charge is -2.26. The molecule has 186 valence electrons. The van der Waals surface area contributed by atoms with Gasteiger partial charge in [-0.1, -0.05) is 60.7 Å². The van der Waals surface area contributed by atoms with Crippen LogP contribution in [-0.4, -0.2) is 53.8 Å². The van der Waals surface area contributed by atoms with Crippen LogP contribution in [0.4, 0.5) is 0 Å². The number of ether oxygens (including phenoxy) is 1. The van der Waals surface area contributed by atoms with E-state index in [4.69, 9.17) is 4.74 Å². The molecule has 0 spiro atoms. The number of benzene rings is 3. The summed E-state index contributed by atoms with van der Waals surface area (Å²) in [5.41, 5.74) is 3.23. The van der Waals surface area contributed by atoms with Crippen molar-refractivity contribution in [3.8, 4) is 5.75 Å². The maximum atomic E-state index is 13.2. The SMILES string of the molecule is Cc1cc(OCc2ccccc2)ccc1/C(O)=C1\C(=O)C(=O)N(CCCN(C)C)[C@@H]1c1ccccc1. The summed E-state index contributed by atoms with van der Waals surface area (Å²) < 4.78 is 5.91. The van der Waals surface area contributed by atoms with Gasteiger partial charge in [0.05, 0.1) is 11.6 Å². The van der Waals surface area contributed by atoms with Gasteiger partial charge in [0.1, 0.15) is 18.1 Å². The first kappa shape index (κ1) is 25.2. The Balaban J connectivity index is 1.66. The van der Waals surface area contributed by atoms with Crippen molar-refractivity contribution in [1.82, 2.24) is 9.80 Å². The van der Waals surface area contributed by atoms with E-state index in [1.807, 2.05) is 92.6 Å². The second kappa shape index (κ2) is 11.2. The van der Waals surface area contributed by atoms with Gasteiger partial charge in [-0.05, 0) is 68.9 Å². The van der Waals surface area contributed by atoms with Gasteiger partial charge in [0, 0.05) is 12.1 Å². The van der Waals surface area contributed by atoms with E-state index in [9.17, 15) is 14.7 Å². The number of rotatable bonds is 9. The summed E-state index contributed by atoms with van der Waals surface area (Å²) in [6, 6.07) is 24.0. The standard InChI is InChI=1S/C30H32N2O4/c1-21-19-24(36-20-22-11-6-4-7-12-22)15-16-25(21)28(33)26-27(23-13-8-5-9-14-23)32(30(35)29(26)34)18-10-17-31(2)3/h4-9,11-16,19,27,33H,10,17-18,20H2,1-3H3/b28-26+/t27-/m1/s1. The minimum absolute atomic E-state index is 0.122. The van der Waals surface area contributed by atoms with Crippen LogP contribution in [-0.2, 0) is 16.2 Å². The molecule has 0 saturated carbocycles. The van der Waals surface area contributed by atoms with Crippen LogP contribution in [0.15, 0.2) is 84.4 Å². The van der Waals surface area contributed by atoms with Crippen molar-refractivity contribution in [3.63, 3.8) is 0 Å². The summed E-state index contributed by atoms with van der Waals surface area (Å²) in [5, 5.41) is 11.4. The number of aliphatic hydroxyl groups is 1. The largest absolute Gasteiger partial charge is 0.507 e. The summed E-state index contributed by atoms with van der Waals surface area (Å²) >= 11 is 0. The molecular formula is C30H32N2O4. The number of Topliss-reactive ketones (excluding diaryl/α,β-unsaturated/α-hetero) is 1. The lowest BCUT2D eigenvalue weighted by Crippen LogP contribution is -2.32. The molecule has 4 rings (SSSR count). The Morgan fingerprint density at radius 3 is 2.28 bits per heavy atom. The third-order valence-corrected chi connectivity index (χ3v) is 6.36. The second-order valence-corrected chi connectivity index (χ2v) is 9.31. The molecule has 0 unspecified atom stereocenters. The molecule has 1 atom stereocenters. The number of carbonyl (C=O) groups excluding carboxylic acids is 2. The number of likely N-dealkylation sites (tertiary alicyclic amines) is 1. The normalized spacial score (nSPS) is 17.1. The Bertz CT molecular complexity index is 1250. The first-order valence-electron chi connectivity index (χ1n) is 12.1. The van der Waals surface area contributed by atoms with Crippen LogP contribution in [0.3, 0.4) is 0 Å². The quantitative estimate of drug-likeness (QED) is 0.264. The fourth-order valence-corrected chi connectivity index (χ4v) is 4.53. The summed E-state index contributed by atoms with van der Waals surface area (Å²) in [7, 11) is 3.94. The zero-order chi connectivity index (χ0) is 25.7. The monoisotopic (exact) mass is 484 g/mol. The van der Waals surface area contributed by atoms with Gasteiger partial charge in [0.15, 0.2) is 0 Å². The molecular weight excluding hydrogens is 452 g/mol. The van der Waals surface area contributed by atoms with E-state index in [0.29, 0.717) is 24.5 Å². The highest BCUT2D eigenvalue weighted by Crippen LogP contribution is 2.40. The predicted octanol–water partition coefficient (Wildman–Crippen LogP) is 4.95. The van der Waals surface area contributed by atoms with Crippen LogP contribution in [0.25, 0.3) is 5.76 Å². The molecule has 1 heterocycles. The zero-order valence-corrected chi connectivity index (χ0v) is 21.0. The maximum Gasteiger partial charge on any atom is 0.295 e. The molecule has 6 heteroatoms. The second-order valence-electron chi connectivity index (χ2n) is 9.31. The van der Waals surface area contributed by atoms with Crippen molar-refractivity contribution in [2.45, 2.75) is 26.0 Å². The zero-order valence-electron chi connectivity index (χ0n) is 21.0. The average Bonchev–Trinajstić information content (AvgIpc) is 3.13. The van der Waals surface area contributed by atoms with Crippen LogP contribution in [0.5, 0.6) is 5.75 Å². The van der Waals surface area contributed by atoms with Crippen LogP contribution in [0.1, 0.15) is 34.7 Å². The number of hydrogen-bond donors (Lipinski definition) is 1. The third-order valence-electron chi connectivity index (χ3n) is 6.36. The summed E-state index contributed by atoms with van der Waals surface area (Å²) in [4.78, 5) is 29.9. The first-order chi connectivity index (χ1) is 17.4. The van der Waals surface area contributed by atoms with E-state index in [1.165, 1.54) is 0 Å². The Labute approximate surface area is 212 Å². The van der Waals surface area contributed by atoms with Crippen molar-refractivity contribution >= 4 is 17.4 Å². The minimum Gasteiger partial charge on any atom is -0.507 e. The van der Waals surface area contributed by atoms with Crippen molar-refractivity contribution in [2.24, 2.45) is 0 Å². The number of hydrogen-bond acceptors (Lipinski definition) is 5. The lowest BCUT2D eigenvalue weighted by atomic mass is 9.94. The van der Waals surface area contributed by atoms with Gasteiger partial charge in [-0.25, -0.2) is 0 Å². The van der Waals surface area contributed by atoms with Crippen LogP contribution in [0, 0.1) is 6.92 Å². The molecule has 1 aliphatic rings. The number of aryl methyl sites for hydroxylation is 1. The Hall–Kier alpha value is -3.90. The van der Waals surface area contributed by atoms with Crippen molar-refractivity contribution in [2.75, 3.05) is 27.2 Å². The lowest BCUT2D eigenvalue weighted by molar-refractivity contribution is -0.139. The van der Waals surface area contributed by atoms with Crippen LogP contribution in [0.2, 0.25) is 0 Å². The summed E-state index contributed by atoms with van der Waals surface area (Å²) in [5.74, 6) is -0.735. The van der Waals surface area contributed by atoms with Gasteiger partial charge in [0.2, 0.25) is 0 Å². The molecule has 0 aromatic heterocycles. The van der Waals surface area contributed by atoms with Crippen molar-refractivity contribution < 1.29 is 19.4 Å². The maximum absolute atomic E-state index is 13.2. The highest BCUT2D eigenvalue weighted by atomic mass is 16.5. The molecule has 3 aromatic rings. The van der Waals surface area contributed by atoms with Crippen LogP contribution < -0.4 is 4.74 Å². The molecule has 0 aliphatic carbocycles. The Morgan fingerprint density at radius 1 is 0.972 bits per heavy atom. The minimum atomic E-state index is -0.657. The molecule has 3 aromatic carbocycles. The molecule has 1 saturated heterocycles. The van der Waals surface area contributed by atoms with Crippen molar-refractivity contribution in [1.29, 1.82) is 0 Å². The molecule has 36 heavy (non-hydrogen) atoms. The van der Waals surface area contributed by atoms with Crippen LogP contribution >= 0.6 is 0 Å². The number of aliphatic hydroxyl groups excluding tert-OH is 1. The first-order valence-corrected chi connectivity index (χ1v) is 12.1. The highest BCUT2D eigenvalue weighted by molar-refractivity contribution is 6.46. The van der Waals surface area contributed by atoms with E-state index in [0.717, 1.165) is 29.7 Å². The van der Waals surface area contributed by atoms with E-state index in [1.54, 1.807) is 17.0 Å². The van der Waals surface area contributed by atoms with E-state index >= 15 is 0 Å². The predicted molar refractivity (Wildman–Crippen MR) is 141 cm³/mol. The van der Waals surface area contributed by atoms with E-state index < -0.39 is 17.7 Å². The smallest absolute Gasteiger partial charge is 0.295 e. The molecule has 0 radical (unpaired) electrons. The van der Waals surface area contributed by atoms with Gasteiger partial charge in [-0.3, -0.25) is 9.59 Å². The van der Waals surface area contributed by atoms with Gasteiger partial charge in [-0.15, -0.1) is 0 Å². The molecule has 6 nitrogen and oxygen atoms in total. The van der Waals surface area contributed by atoms with Gasteiger partial charge >= 0.3 is 0 Å². The number of carbonyl (C=O) groups is 2. The molecule has 1 amide bonds. The van der Waals surface area contributed by atoms with Gasteiger partial charge in [0.25, 0.3) is 11.7 Å². The van der Waals surface area contributed by atoms with E-state index in [-0.39, 0.29) is 11.3 Å². The van der Waals surface area contributed by atoms with Gasteiger partial charge in [-0.2, -0.15) is 0 Å². The average molecular weight is 485 g/mol. The number of amides is 1. The Kier molecular flexibility index (Phi) is 7.86. The highest BCUT2D eigenvalue weighted by Gasteiger charge is 2.45. The fourth-order valence-electron chi connectivity index (χ4n) is 4.53. The molecule has 1 N–H and O–H groups in total. The summed E-state index contributed by atoms with van der Waals surface area (Å²) in [6.45, 7) is 3.49. The number of nitrogens with zero attached hydrogens (tertiary/aromatic N) is 2. The number of ketones is 1. The Morgan fingerprint density at radius 2 is 1.64 bits per heavy atom. The third kappa shape index (κ3) is 5.50. The molecule has 1 fully saturated rings. The topological polar surface area (TPSA) is 70.1 Å². The van der Waals surface area contributed by atoms with Crippen molar-refractivity contribution in [3.05, 3.63) is 107 Å². The fraction of sp³-hybridized carbons (Fsp3) is 0.267. The van der Waals surface area contributed by atoms with E-state index in [2.05, 4.69) is 0 Å².